The molecule has 2 heterocycles. The van der Waals surface area contributed by atoms with E-state index in [-0.39, 0.29) is 34.0 Å². The smallest absolute Gasteiger partial charge is 0.282 e. The van der Waals surface area contributed by atoms with Crippen molar-refractivity contribution >= 4 is 50.0 Å². The van der Waals surface area contributed by atoms with Crippen molar-refractivity contribution in [2.75, 3.05) is 6.26 Å². The van der Waals surface area contributed by atoms with Crippen molar-refractivity contribution < 1.29 is 17.6 Å². The third kappa shape index (κ3) is 4.66. The Morgan fingerprint density at radius 1 is 1.12 bits per heavy atom. The zero-order valence-corrected chi connectivity index (χ0v) is 19.4. The van der Waals surface area contributed by atoms with Crippen LogP contribution in [0.25, 0.3) is 22.0 Å². The Morgan fingerprint density at radius 2 is 1.82 bits per heavy atom. The maximum absolute atomic E-state index is 14.6. The molecule has 0 aliphatic heterocycles. The summed E-state index contributed by atoms with van der Waals surface area (Å²) in [5.41, 5.74) is 0.242. The van der Waals surface area contributed by atoms with Crippen LogP contribution < -0.4 is 10.3 Å². The van der Waals surface area contributed by atoms with E-state index in [1.54, 1.807) is 24.3 Å². The summed E-state index contributed by atoms with van der Waals surface area (Å²) in [7, 11) is -3.95. The maximum atomic E-state index is 14.6. The number of nitrogens with one attached hydrogen (secondary N) is 2. The number of benzene rings is 2. The lowest BCUT2D eigenvalue weighted by Gasteiger charge is -2.13. The minimum atomic E-state index is -3.95. The summed E-state index contributed by atoms with van der Waals surface area (Å²) in [4.78, 5) is 28.4. The Bertz CT molecular complexity index is 1580. The van der Waals surface area contributed by atoms with Crippen LogP contribution in [0.15, 0.2) is 59.5 Å². The van der Waals surface area contributed by atoms with Crippen molar-refractivity contribution in [3.05, 3.63) is 92.2 Å². The third-order valence-electron chi connectivity index (χ3n) is 4.94. The van der Waals surface area contributed by atoms with Gasteiger partial charge in [0.15, 0.2) is 0 Å². The largest absolute Gasteiger partial charge is 0.331 e. The van der Waals surface area contributed by atoms with Crippen LogP contribution in [0.5, 0.6) is 0 Å². The van der Waals surface area contributed by atoms with E-state index in [0.717, 1.165) is 6.26 Å². The fraction of sp³-hybridized carbons (Fsp3) is 0.0909. The lowest BCUT2D eigenvalue weighted by atomic mass is 10.0. The van der Waals surface area contributed by atoms with Crippen LogP contribution in [0.4, 0.5) is 4.39 Å². The summed E-state index contributed by atoms with van der Waals surface area (Å²) in [5, 5.41) is 1.03. The first-order valence-corrected chi connectivity index (χ1v) is 12.2. The van der Waals surface area contributed by atoms with Crippen molar-refractivity contribution in [3.8, 4) is 11.1 Å². The van der Waals surface area contributed by atoms with Crippen molar-refractivity contribution in [1.82, 2.24) is 14.3 Å². The van der Waals surface area contributed by atoms with Gasteiger partial charge in [-0.25, -0.2) is 17.5 Å². The predicted octanol–water partition coefficient (Wildman–Crippen LogP) is 4.18. The van der Waals surface area contributed by atoms with E-state index in [9.17, 15) is 22.4 Å². The molecule has 0 fully saturated rings. The fourth-order valence-electron chi connectivity index (χ4n) is 3.67. The van der Waals surface area contributed by atoms with Crippen molar-refractivity contribution in [2.24, 2.45) is 0 Å². The molecule has 0 unspecified atom stereocenters. The summed E-state index contributed by atoms with van der Waals surface area (Å²) in [5.74, 6) is -1.55. The van der Waals surface area contributed by atoms with Gasteiger partial charge in [0.2, 0.25) is 10.0 Å². The topological polar surface area (TPSA) is 101 Å². The lowest BCUT2D eigenvalue weighted by molar-refractivity contribution is 0.0974. The monoisotopic (exact) mass is 507 g/mol. The standard InChI is InChI=1S/C22H16Cl2FN3O4S/c1-33(31,32)27-22(30)20-19(15-3-2-8-26-21(15)29)16-10-14(24)5-7-18(16)28(20)11-12-9-13(23)4-6-17(12)25/h2-10H,11H2,1H3,(H,26,29)(H,27,30). The number of halogens is 3. The molecule has 0 aliphatic rings. The number of rotatable bonds is 5. The Labute approximate surface area is 197 Å². The summed E-state index contributed by atoms with van der Waals surface area (Å²) in [6.45, 7) is -0.165. The number of nitrogens with zero attached hydrogens (tertiary/aromatic N) is 1. The number of aromatic amines is 1. The van der Waals surface area contributed by atoms with Crippen molar-refractivity contribution in [3.63, 3.8) is 0 Å². The second kappa shape index (κ2) is 8.66. The molecular formula is C22H16Cl2FN3O4S. The van der Waals surface area contributed by atoms with Gasteiger partial charge in [-0.05, 0) is 48.5 Å². The van der Waals surface area contributed by atoms with Gasteiger partial charge in [0, 0.05) is 43.8 Å². The number of fused-ring (bicyclic) bond motifs is 1. The Balaban J connectivity index is 2.10. The van der Waals surface area contributed by atoms with Gasteiger partial charge < -0.3 is 9.55 Å². The zero-order valence-electron chi connectivity index (χ0n) is 17.0. The number of carbonyl (C=O) groups excluding carboxylic acids is 1. The number of pyridine rings is 1. The van der Waals surface area contributed by atoms with E-state index in [0.29, 0.717) is 15.9 Å². The van der Waals surface area contributed by atoms with E-state index < -0.39 is 27.3 Å². The third-order valence-corrected chi connectivity index (χ3v) is 5.97. The van der Waals surface area contributed by atoms with E-state index >= 15 is 0 Å². The van der Waals surface area contributed by atoms with E-state index in [1.165, 1.54) is 35.0 Å². The molecule has 33 heavy (non-hydrogen) atoms. The van der Waals surface area contributed by atoms with Gasteiger partial charge in [0.1, 0.15) is 11.5 Å². The van der Waals surface area contributed by atoms with Gasteiger partial charge in [0.05, 0.1) is 12.8 Å². The van der Waals surface area contributed by atoms with Gasteiger partial charge in [-0.15, -0.1) is 0 Å². The molecule has 0 spiro atoms. The van der Waals surface area contributed by atoms with Gasteiger partial charge in [0.25, 0.3) is 11.5 Å². The highest BCUT2D eigenvalue weighted by Gasteiger charge is 2.27. The normalized spacial score (nSPS) is 11.6. The molecule has 11 heteroatoms. The number of sulfonamides is 1. The van der Waals surface area contributed by atoms with Crippen LogP contribution in [0.1, 0.15) is 16.1 Å². The molecule has 2 aromatic heterocycles. The number of amides is 1. The fourth-order valence-corrected chi connectivity index (χ4v) is 4.47. The van der Waals surface area contributed by atoms with Gasteiger partial charge in [-0.2, -0.15) is 0 Å². The predicted molar refractivity (Wildman–Crippen MR) is 126 cm³/mol. The minimum absolute atomic E-state index is 0.119. The number of hydrogen-bond donors (Lipinski definition) is 2. The van der Waals surface area contributed by atoms with Crippen LogP contribution >= 0.6 is 23.2 Å². The van der Waals surface area contributed by atoms with Crippen LogP contribution in [-0.2, 0) is 16.6 Å². The van der Waals surface area contributed by atoms with Gasteiger partial charge in [-0.3, -0.25) is 9.59 Å². The summed E-state index contributed by atoms with van der Waals surface area (Å²) < 4.78 is 41.7. The van der Waals surface area contributed by atoms with Crippen LogP contribution in [0.2, 0.25) is 10.0 Å². The van der Waals surface area contributed by atoms with Gasteiger partial charge >= 0.3 is 0 Å². The SMILES string of the molecule is CS(=O)(=O)NC(=O)c1c(-c2ccc[nH]c2=O)c2cc(Cl)ccc2n1Cc1cc(Cl)ccc1F. The Hall–Kier alpha value is -3.14. The van der Waals surface area contributed by atoms with Crippen LogP contribution in [0.3, 0.4) is 0 Å². The average Bonchev–Trinajstić information content (AvgIpc) is 3.03. The van der Waals surface area contributed by atoms with Crippen LogP contribution in [0, 0.1) is 5.82 Å². The first-order chi connectivity index (χ1) is 15.5. The van der Waals surface area contributed by atoms with Crippen molar-refractivity contribution in [2.45, 2.75) is 6.54 Å². The Morgan fingerprint density at radius 3 is 2.52 bits per heavy atom. The molecule has 7 nitrogen and oxygen atoms in total. The molecule has 2 aromatic carbocycles. The summed E-state index contributed by atoms with van der Waals surface area (Å²) in [6, 6.07) is 11.8. The molecule has 170 valence electrons. The molecule has 4 aromatic rings. The minimum Gasteiger partial charge on any atom is -0.331 e. The summed E-state index contributed by atoms with van der Waals surface area (Å²) >= 11 is 12.2. The van der Waals surface area contributed by atoms with E-state index in [4.69, 9.17) is 23.2 Å². The molecule has 2 N–H and O–H groups in total. The molecule has 0 bridgehead atoms. The zero-order chi connectivity index (χ0) is 23.9. The molecule has 0 saturated carbocycles. The quantitative estimate of drug-likeness (QED) is 0.423. The van der Waals surface area contributed by atoms with E-state index in [2.05, 4.69) is 4.98 Å². The molecule has 0 radical (unpaired) electrons. The number of carbonyl (C=O) groups is 1. The number of aromatic nitrogens is 2. The second-order valence-electron chi connectivity index (χ2n) is 7.32. The lowest BCUT2D eigenvalue weighted by Crippen LogP contribution is -2.32. The number of hydrogen-bond acceptors (Lipinski definition) is 4. The second-order valence-corrected chi connectivity index (χ2v) is 9.94. The van der Waals surface area contributed by atoms with Crippen LogP contribution in [-0.4, -0.2) is 30.1 Å². The molecule has 0 saturated heterocycles. The number of H-pyrrole nitrogens is 1. The molecule has 4 rings (SSSR count). The maximum Gasteiger partial charge on any atom is 0.282 e. The molecule has 0 aliphatic carbocycles. The average molecular weight is 508 g/mol. The highest BCUT2D eigenvalue weighted by atomic mass is 35.5. The Kier molecular flexibility index (Phi) is 6.04. The molecule has 0 atom stereocenters. The highest BCUT2D eigenvalue weighted by Crippen LogP contribution is 2.36. The van der Waals surface area contributed by atoms with Crippen molar-refractivity contribution in [1.29, 1.82) is 0 Å². The van der Waals surface area contributed by atoms with E-state index in [1.807, 2.05) is 4.72 Å². The molecule has 1 amide bonds. The first-order valence-electron chi connectivity index (χ1n) is 9.51. The highest BCUT2D eigenvalue weighted by molar-refractivity contribution is 7.89. The first kappa shape index (κ1) is 23.0. The van der Waals surface area contributed by atoms with Gasteiger partial charge in [-0.1, -0.05) is 23.2 Å². The molecular weight excluding hydrogens is 492 g/mol. The summed E-state index contributed by atoms with van der Waals surface area (Å²) in [6.07, 6.45) is 2.26.